The Bertz CT molecular complexity index is 1700. The molecule has 1 unspecified atom stereocenters. The maximum absolute atomic E-state index is 14.4. The second-order valence-electron chi connectivity index (χ2n) is 9.62. The van der Waals surface area contributed by atoms with Crippen LogP contribution in [0.5, 0.6) is 0 Å². The first-order valence-corrected chi connectivity index (χ1v) is 15.5. The first-order valence-electron chi connectivity index (χ1n) is 12.5. The maximum Gasteiger partial charge on any atom is 0.267 e. The highest BCUT2D eigenvalue weighted by molar-refractivity contribution is 8.26. The minimum Gasteiger partial charge on any atom is -0.366 e. The van der Waals surface area contributed by atoms with Crippen LogP contribution in [0, 0.1) is 5.82 Å². The highest BCUT2D eigenvalue weighted by Crippen LogP contribution is 2.37. The molecule has 1 aromatic carbocycles. The monoisotopic (exact) mass is 585 g/mol. The number of sulfone groups is 1. The minimum atomic E-state index is -3.22. The van der Waals surface area contributed by atoms with Crippen molar-refractivity contribution in [1.29, 1.82) is 0 Å². The van der Waals surface area contributed by atoms with Gasteiger partial charge in [0.1, 0.15) is 21.6 Å². The van der Waals surface area contributed by atoms with Gasteiger partial charge in [-0.25, -0.2) is 17.8 Å². The largest absolute Gasteiger partial charge is 0.366 e. The molecule has 39 heavy (non-hydrogen) atoms. The third-order valence-electron chi connectivity index (χ3n) is 7.19. The van der Waals surface area contributed by atoms with Gasteiger partial charge in [-0.1, -0.05) is 42.2 Å². The van der Waals surface area contributed by atoms with Gasteiger partial charge >= 0.3 is 0 Å². The Morgan fingerprint density at radius 2 is 1.74 bits per heavy atom. The Labute approximate surface area is 233 Å². The summed E-state index contributed by atoms with van der Waals surface area (Å²) in [5.41, 5.74) is 0.912. The molecule has 0 N–H and O–H groups in total. The number of pyridine rings is 1. The van der Waals surface area contributed by atoms with Gasteiger partial charge in [0.05, 0.1) is 33.7 Å². The zero-order valence-electron chi connectivity index (χ0n) is 20.7. The van der Waals surface area contributed by atoms with Crippen LogP contribution in [0.3, 0.4) is 0 Å². The number of aromatic nitrogens is 2. The summed E-state index contributed by atoms with van der Waals surface area (Å²) in [5, 5.41) is 0. The van der Waals surface area contributed by atoms with Crippen LogP contribution in [-0.2, 0) is 14.6 Å². The Hall–Kier alpha value is -3.29. The number of halogens is 1. The second-order valence-corrected chi connectivity index (χ2v) is 13.5. The summed E-state index contributed by atoms with van der Waals surface area (Å²) in [7, 11) is -3.22. The predicted octanol–water partition coefficient (Wildman–Crippen LogP) is 2.55. The van der Waals surface area contributed by atoms with E-state index in [9.17, 15) is 22.4 Å². The highest BCUT2D eigenvalue weighted by Gasteiger charge is 2.42. The molecule has 3 aliphatic heterocycles. The normalized spacial score (nSPS) is 22.4. The average molecular weight is 586 g/mol. The van der Waals surface area contributed by atoms with Crippen molar-refractivity contribution in [2.24, 2.45) is 0 Å². The van der Waals surface area contributed by atoms with Crippen molar-refractivity contribution in [3.63, 3.8) is 0 Å². The lowest BCUT2D eigenvalue weighted by atomic mass is 10.2. The molecule has 0 saturated carbocycles. The van der Waals surface area contributed by atoms with E-state index in [2.05, 4.69) is 0 Å². The lowest BCUT2D eigenvalue weighted by Gasteiger charge is -2.37. The van der Waals surface area contributed by atoms with E-state index in [0.717, 1.165) is 11.8 Å². The SMILES string of the molecule is O=C1C(=Cc2c(N3CCN(c4ccccc4F)CC3)nc3ccccn3c2=O)SC(=S)N1C1CCS(=O)(=O)C1. The molecular formula is C26H24FN5O4S3. The van der Waals surface area contributed by atoms with Crippen molar-refractivity contribution in [3.8, 4) is 0 Å². The van der Waals surface area contributed by atoms with Crippen molar-refractivity contribution in [1.82, 2.24) is 14.3 Å². The molecule has 202 valence electrons. The molecule has 1 atom stereocenters. The first-order chi connectivity index (χ1) is 18.7. The van der Waals surface area contributed by atoms with Crippen LogP contribution in [0.15, 0.2) is 58.4 Å². The molecule has 9 nitrogen and oxygen atoms in total. The molecule has 0 aliphatic carbocycles. The number of hydrogen-bond donors (Lipinski definition) is 0. The molecule has 3 fully saturated rings. The maximum atomic E-state index is 14.4. The Morgan fingerprint density at radius 1 is 1.03 bits per heavy atom. The van der Waals surface area contributed by atoms with Crippen molar-refractivity contribution in [2.45, 2.75) is 12.5 Å². The van der Waals surface area contributed by atoms with E-state index >= 15 is 0 Å². The number of nitrogens with zero attached hydrogens (tertiary/aromatic N) is 5. The second kappa shape index (κ2) is 10.0. The third-order valence-corrected chi connectivity index (χ3v) is 10.3. The van der Waals surface area contributed by atoms with Gasteiger partial charge in [0, 0.05) is 32.4 Å². The van der Waals surface area contributed by atoms with E-state index < -0.39 is 21.8 Å². The van der Waals surface area contributed by atoms with Gasteiger partial charge in [-0.3, -0.25) is 18.9 Å². The number of rotatable bonds is 4. The number of thiocarbonyl (C=S) groups is 1. The van der Waals surface area contributed by atoms with E-state index in [4.69, 9.17) is 17.2 Å². The summed E-state index contributed by atoms with van der Waals surface area (Å²) in [4.78, 5) is 37.4. The molecule has 13 heteroatoms. The number of amides is 1. The Morgan fingerprint density at radius 3 is 2.46 bits per heavy atom. The number of hydrogen-bond acceptors (Lipinski definition) is 9. The molecule has 0 spiro atoms. The average Bonchev–Trinajstić information content (AvgIpc) is 3.42. The summed E-state index contributed by atoms with van der Waals surface area (Å²) in [5.74, 6) is -0.351. The van der Waals surface area contributed by atoms with Gasteiger partial charge in [-0.15, -0.1) is 0 Å². The molecule has 0 radical (unpaired) electrons. The van der Waals surface area contributed by atoms with Crippen LogP contribution in [0.25, 0.3) is 11.7 Å². The zero-order chi connectivity index (χ0) is 27.3. The van der Waals surface area contributed by atoms with Crippen LogP contribution in [0.4, 0.5) is 15.9 Å². The zero-order valence-corrected chi connectivity index (χ0v) is 23.1. The van der Waals surface area contributed by atoms with Gasteiger partial charge in [-0.05, 0) is 36.8 Å². The highest BCUT2D eigenvalue weighted by atomic mass is 32.2. The van der Waals surface area contributed by atoms with Crippen LogP contribution in [0.2, 0.25) is 0 Å². The standard InChI is InChI=1S/C26H24FN5O4S3/c27-19-5-1-2-6-20(19)29-10-12-30(13-11-29)23-18(24(33)31-9-4-3-7-22(31)28-23)15-21-25(34)32(26(37)38-21)17-8-14-39(35,36)16-17/h1-7,9,15,17H,8,10-14,16H2. The van der Waals surface area contributed by atoms with E-state index in [0.29, 0.717) is 49.8 Å². The topological polar surface area (TPSA) is 95.3 Å². The number of benzene rings is 1. The molecule has 2 aromatic heterocycles. The number of carbonyl (C=O) groups is 1. The van der Waals surface area contributed by atoms with Crippen LogP contribution < -0.4 is 15.4 Å². The van der Waals surface area contributed by atoms with Crippen LogP contribution in [0.1, 0.15) is 12.0 Å². The van der Waals surface area contributed by atoms with Crippen molar-refractivity contribution in [3.05, 3.63) is 75.3 Å². The molecule has 5 heterocycles. The third kappa shape index (κ3) is 4.83. The van der Waals surface area contributed by atoms with Gasteiger partial charge < -0.3 is 9.80 Å². The first kappa shape index (κ1) is 26.0. The van der Waals surface area contributed by atoms with Crippen LogP contribution in [-0.4, -0.2) is 76.7 Å². The quantitative estimate of drug-likeness (QED) is 0.338. The summed E-state index contributed by atoms with van der Waals surface area (Å²) in [6.45, 7) is 2.03. The molecule has 3 saturated heterocycles. The number of piperazine rings is 1. The smallest absolute Gasteiger partial charge is 0.267 e. The van der Waals surface area contributed by atoms with Gasteiger partial charge in [-0.2, -0.15) is 0 Å². The van der Waals surface area contributed by atoms with Crippen molar-refractivity contribution >= 4 is 67.3 Å². The number of para-hydroxylation sites is 1. The Balaban J connectivity index is 1.35. The van der Waals surface area contributed by atoms with E-state index in [-0.39, 0.29) is 37.7 Å². The van der Waals surface area contributed by atoms with Crippen molar-refractivity contribution in [2.75, 3.05) is 47.5 Å². The summed E-state index contributed by atoms with van der Waals surface area (Å²) < 4.78 is 40.1. The fraction of sp³-hybridized carbons (Fsp3) is 0.308. The number of carbonyl (C=O) groups excluding carboxylic acids is 1. The minimum absolute atomic E-state index is 0.0206. The number of fused-ring (bicyclic) bond motifs is 1. The van der Waals surface area contributed by atoms with Crippen LogP contribution >= 0.6 is 24.0 Å². The lowest BCUT2D eigenvalue weighted by molar-refractivity contribution is -0.123. The Kier molecular flexibility index (Phi) is 6.68. The fourth-order valence-corrected chi connectivity index (χ4v) is 8.31. The molecule has 1 amide bonds. The predicted molar refractivity (Wildman–Crippen MR) is 154 cm³/mol. The summed E-state index contributed by atoms with van der Waals surface area (Å²) >= 11 is 6.51. The molecule has 0 bridgehead atoms. The summed E-state index contributed by atoms with van der Waals surface area (Å²) in [6, 6.07) is 11.4. The van der Waals surface area contributed by atoms with E-state index in [1.165, 1.54) is 21.4 Å². The molecule has 3 aromatic rings. The van der Waals surface area contributed by atoms with E-state index in [1.807, 2.05) is 9.80 Å². The van der Waals surface area contributed by atoms with Gasteiger partial charge in [0.2, 0.25) is 0 Å². The summed E-state index contributed by atoms with van der Waals surface area (Å²) in [6.07, 6.45) is 3.48. The van der Waals surface area contributed by atoms with E-state index in [1.54, 1.807) is 42.6 Å². The van der Waals surface area contributed by atoms with Gasteiger partial charge in [0.25, 0.3) is 11.5 Å². The van der Waals surface area contributed by atoms with Crippen molar-refractivity contribution < 1.29 is 17.6 Å². The molecular weight excluding hydrogens is 562 g/mol. The number of thioether (sulfide) groups is 1. The molecule has 3 aliphatic rings. The molecule has 6 rings (SSSR count). The number of anilines is 2. The lowest BCUT2D eigenvalue weighted by Crippen LogP contribution is -2.47. The van der Waals surface area contributed by atoms with Gasteiger partial charge in [0.15, 0.2) is 9.84 Å². The fourth-order valence-electron chi connectivity index (χ4n) is 5.23.